The van der Waals surface area contributed by atoms with Gasteiger partial charge in [0, 0.05) is 0 Å². The molecule has 0 radical (unpaired) electrons. The fourth-order valence-electron chi connectivity index (χ4n) is 0.677. The number of halogens is 1. The zero-order valence-electron chi connectivity index (χ0n) is 6.91. The molecule has 0 bridgehead atoms. The van der Waals surface area contributed by atoms with Crippen molar-refractivity contribution in [3.05, 3.63) is 11.7 Å². The van der Waals surface area contributed by atoms with Crippen molar-refractivity contribution in [1.82, 2.24) is 15.5 Å². The summed E-state index contributed by atoms with van der Waals surface area (Å²) in [5.74, 6) is 1.14. The molecule has 1 heterocycles. The van der Waals surface area contributed by atoms with Crippen molar-refractivity contribution in [1.29, 1.82) is 0 Å². The first kappa shape index (κ1) is 11.4. The minimum atomic E-state index is 0. The maximum absolute atomic E-state index is 5.29. The van der Waals surface area contributed by atoms with Gasteiger partial charge in [0.05, 0.1) is 13.1 Å². The highest BCUT2D eigenvalue weighted by molar-refractivity contribution is 5.85. The third-order valence-electron chi connectivity index (χ3n) is 1.22. The van der Waals surface area contributed by atoms with Gasteiger partial charge in [-0.3, -0.25) is 0 Å². The Morgan fingerprint density at radius 2 is 2.33 bits per heavy atom. The maximum Gasteiger partial charge on any atom is 0.240 e. The monoisotopic (exact) mass is 192 g/mol. The van der Waals surface area contributed by atoms with Crippen LogP contribution in [0.1, 0.15) is 18.6 Å². The summed E-state index contributed by atoms with van der Waals surface area (Å²) in [6.45, 7) is 3.85. The topological polar surface area (TPSA) is 77.0 Å². The highest BCUT2D eigenvalue weighted by Crippen LogP contribution is 1.94. The molecule has 0 aliphatic rings. The number of nitrogens with two attached hydrogens (primary N) is 1. The van der Waals surface area contributed by atoms with E-state index in [0.717, 1.165) is 6.54 Å². The van der Waals surface area contributed by atoms with E-state index >= 15 is 0 Å². The van der Waals surface area contributed by atoms with Crippen molar-refractivity contribution in [2.45, 2.75) is 20.0 Å². The van der Waals surface area contributed by atoms with Crippen LogP contribution in [-0.2, 0) is 13.1 Å². The van der Waals surface area contributed by atoms with E-state index in [1.54, 1.807) is 0 Å². The van der Waals surface area contributed by atoms with Crippen LogP contribution in [-0.4, -0.2) is 16.7 Å². The minimum Gasteiger partial charge on any atom is -0.338 e. The summed E-state index contributed by atoms with van der Waals surface area (Å²) < 4.78 is 4.85. The lowest BCUT2D eigenvalue weighted by Crippen LogP contribution is -2.12. The van der Waals surface area contributed by atoms with E-state index in [0.29, 0.717) is 24.8 Å². The van der Waals surface area contributed by atoms with Crippen LogP contribution in [0.25, 0.3) is 0 Å². The third-order valence-corrected chi connectivity index (χ3v) is 1.22. The van der Waals surface area contributed by atoms with E-state index in [-0.39, 0.29) is 12.4 Å². The van der Waals surface area contributed by atoms with E-state index in [1.165, 1.54) is 0 Å². The molecular weight excluding hydrogens is 180 g/mol. The van der Waals surface area contributed by atoms with E-state index in [9.17, 15) is 0 Å². The van der Waals surface area contributed by atoms with Crippen molar-refractivity contribution in [2.24, 2.45) is 5.73 Å². The first-order chi connectivity index (χ1) is 5.36. The Morgan fingerprint density at radius 3 is 2.83 bits per heavy atom. The fraction of sp³-hybridized carbons (Fsp3) is 0.667. The Kier molecular flexibility index (Phi) is 5.61. The van der Waals surface area contributed by atoms with Gasteiger partial charge in [0.15, 0.2) is 5.82 Å². The van der Waals surface area contributed by atoms with Gasteiger partial charge in [-0.05, 0) is 6.54 Å². The van der Waals surface area contributed by atoms with Gasteiger partial charge in [-0.1, -0.05) is 12.1 Å². The second-order valence-corrected chi connectivity index (χ2v) is 2.09. The molecule has 0 atom stereocenters. The summed E-state index contributed by atoms with van der Waals surface area (Å²) >= 11 is 0. The second-order valence-electron chi connectivity index (χ2n) is 2.09. The molecule has 0 aromatic carbocycles. The molecule has 0 fully saturated rings. The number of hydrogen-bond donors (Lipinski definition) is 2. The Labute approximate surface area is 77.1 Å². The quantitative estimate of drug-likeness (QED) is 0.706. The van der Waals surface area contributed by atoms with Gasteiger partial charge < -0.3 is 15.6 Å². The molecule has 0 amide bonds. The molecule has 6 heteroatoms. The molecular formula is C6H13ClN4O. The Balaban J connectivity index is 0.00000121. The SMILES string of the molecule is CCNCc1nc(CN)no1.Cl. The molecule has 1 aromatic rings. The van der Waals surface area contributed by atoms with Gasteiger partial charge >= 0.3 is 0 Å². The van der Waals surface area contributed by atoms with Crippen LogP contribution in [0, 0.1) is 0 Å². The zero-order chi connectivity index (χ0) is 8.10. The molecule has 0 aliphatic heterocycles. The number of hydrogen-bond acceptors (Lipinski definition) is 5. The number of nitrogens with one attached hydrogen (secondary N) is 1. The largest absolute Gasteiger partial charge is 0.338 e. The van der Waals surface area contributed by atoms with Crippen molar-refractivity contribution in [2.75, 3.05) is 6.54 Å². The number of nitrogens with zero attached hydrogens (tertiary/aromatic N) is 2. The van der Waals surface area contributed by atoms with Crippen LogP contribution in [0.4, 0.5) is 0 Å². The van der Waals surface area contributed by atoms with Crippen LogP contribution >= 0.6 is 12.4 Å². The van der Waals surface area contributed by atoms with Crippen molar-refractivity contribution in [3.8, 4) is 0 Å². The van der Waals surface area contributed by atoms with E-state index in [1.807, 2.05) is 6.92 Å². The summed E-state index contributed by atoms with van der Waals surface area (Å²) in [6.07, 6.45) is 0. The zero-order valence-corrected chi connectivity index (χ0v) is 7.73. The van der Waals surface area contributed by atoms with Gasteiger partial charge in [-0.15, -0.1) is 12.4 Å². The van der Waals surface area contributed by atoms with Crippen LogP contribution < -0.4 is 11.1 Å². The highest BCUT2D eigenvalue weighted by Gasteiger charge is 2.01. The fourth-order valence-corrected chi connectivity index (χ4v) is 0.677. The lowest BCUT2D eigenvalue weighted by Gasteiger charge is -1.91. The molecule has 70 valence electrons. The van der Waals surface area contributed by atoms with Gasteiger partial charge in [-0.2, -0.15) is 4.98 Å². The summed E-state index contributed by atoms with van der Waals surface area (Å²) in [6, 6.07) is 0. The van der Waals surface area contributed by atoms with Gasteiger partial charge in [0.1, 0.15) is 0 Å². The predicted octanol–water partition coefficient (Wildman–Crippen LogP) is 0.0596. The molecule has 3 N–H and O–H groups in total. The molecule has 5 nitrogen and oxygen atoms in total. The normalized spacial score (nSPS) is 9.50. The van der Waals surface area contributed by atoms with E-state index in [4.69, 9.17) is 10.3 Å². The second kappa shape index (κ2) is 5.93. The smallest absolute Gasteiger partial charge is 0.240 e. The molecule has 0 aliphatic carbocycles. The number of aromatic nitrogens is 2. The van der Waals surface area contributed by atoms with Crippen molar-refractivity contribution in [3.63, 3.8) is 0 Å². The summed E-state index contributed by atoms with van der Waals surface area (Å²) in [5, 5.41) is 6.70. The maximum atomic E-state index is 5.29. The Morgan fingerprint density at radius 1 is 1.58 bits per heavy atom. The van der Waals surface area contributed by atoms with Crippen LogP contribution in [0.15, 0.2) is 4.52 Å². The lowest BCUT2D eigenvalue weighted by molar-refractivity contribution is 0.364. The standard InChI is InChI=1S/C6H12N4O.ClH/c1-2-8-4-6-9-5(3-7)10-11-6;/h8H,2-4,7H2,1H3;1H. The molecule has 1 rings (SSSR count). The van der Waals surface area contributed by atoms with Gasteiger partial charge in [0.2, 0.25) is 5.89 Å². The Hall–Kier alpha value is -0.650. The van der Waals surface area contributed by atoms with Crippen molar-refractivity contribution < 1.29 is 4.52 Å². The molecule has 0 spiro atoms. The van der Waals surface area contributed by atoms with Gasteiger partial charge in [-0.25, -0.2) is 0 Å². The lowest BCUT2D eigenvalue weighted by atomic mass is 10.6. The van der Waals surface area contributed by atoms with E-state index in [2.05, 4.69) is 15.5 Å². The average Bonchev–Trinajstić information content (AvgIpc) is 2.48. The molecule has 0 unspecified atom stereocenters. The van der Waals surface area contributed by atoms with Crippen molar-refractivity contribution >= 4 is 12.4 Å². The molecule has 12 heavy (non-hydrogen) atoms. The highest BCUT2D eigenvalue weighted by atomic mass is 35.5. The third kappa shape index (κ3) is 3.17. The van der Waals surface area contributed by atoms with Gasteiger partial charge in [0.25, 0.3) is 0 Å². The van der Waals surface area contributed by atoms with E-state index < -0.39 is 0 Å². The van der Waals surface area contributed by atoms with Crippen LogP contribution in [0.5, 0.6) is 0 Å². The first-order valence-electron chi connectivity index (χ1n) is 3.59. The average molecular weight is 193 g/mol. The molecule has 1 aromatic heterocycles. The number of rotatable bonds is 4. The molecule has 0 saturated carbocycles. The minimum absolute atomic E-state index is 0. The predicted molar refractivity (Wildman–Crippen MR) is 46.8 cm³/mol. The van der Waals surface area contributed by atoms with Crippen LogP contribution in [0.2, 0.25) is 0 Å². The Bertz CT molecular complexity index is 215. The summed E-state index contributed by atoms with van der Waals surface area (Å²) in [4.78, 5) is 4.00. The summed E-state index contributed by atoms with van der Waals surface area (Å²) in [5.41, 5.74) is 5.29. The first-order valence-corrected chi connectivity index (χ1v) is 3.59. The van der Waals surface area contributed by atoms with Crippen LogP contribution in [0.3, 0.4) is 0 Å². The molecule has 0 saturated heterocycles. The summed E-state index contributed by atoms with van der Waals surface area (Å²) in [7, 11) is 0.